The van der Waals surface area contributed by atoms with Gasteiger partial charge in [-0.1, -0.05) is 197 Å². The van der Waals surface area contributed by atoms with Gasteiger partial charge in [0.05, 0.1) is 11.4 Å². The van der Waals surface area contributed by atoms with Crippen molar-refractivity contribution < 1.29 is 0 Å². The van der Waals surface area contributed by atoms with Crippen LogP contribution in [0.25, 0.3) is 22.3 Å². The zero-order valence-corrected chi connectivity index (χ0v) is 45.2. The summed E-state index contributed by atoms with van der Waals surface area (Å²) in [4.78, 5) is 7.77. The molecule has 2 heterocycles. The van der Waals surface area contributed by atoms with Crippen molar-refractivity contribution in [3.8, 4) is 22.3 Å². The van der Waals surface area contributed by atoms with Crippen molar-refractivity contribution >= 4 is 74.3 Å². The maximum atomic E-state index is 2.65. The molecule has 1 aliphatic carbocycles. The van der Waals surface area contributed by atoms with E-state index in [1.54, 1.807) is 0 Å². The quantitative estimate of drug-likeness (QED) is 0.147. The molecule has 0 saturated heterocycles. The lowest BCUT2D eigenvalue weighted by Gasteiger charge is -2.46. The fraction of sp³-hybridized carbons (Fsp3) is 0.229. The Hall–Kier alpha value is -7.56. The molecule has 74 heavy (non-hydrogen) atoms. The van der Waals surface area contributed by atoms with Crippen molar-refractivity contribution in [2.75, 3.05) is 14.7 Å². The van der Waals surface area contributed by atoms with Gasteiger partial charge in [-0.25, -0.2) is 0 Å². The number of aryl methyl sites for hydroxylation is 1. The highest BCUT2D eigenvalue weighted by Crippen LogP contribution is 2.55. The Morgan fingerprint density at radius 1 is 0.405 bits per heavy atom. The maximum Gasteiger partial charge on any atom is 0.252 e. The van der Waals surface area contributed by atoms with Crippen molar-refractivity contribution in [3.05, 3.63) is 228 Å². The number of nitrogens with zero attached hydrogens (tertiary/aromatic N) is 3. The van der Waals surface area contributed by atoms with Crippen LogP contribution >= 0.6 is 0 Å². The first-order chi connectivity index (χ1) is 35.4. The number of rotatable bonds is 7. The van der Waals surface area contributed by atoms with Crippen LogP contribution in [0.1, 0.15) is 103 Å². The van der Waals surface area contributed by atoms with Crippen molar-refractivity contribution in [1.29, 1.82) is 0 Å². The Kier molecular flexibility index (Phi) is 11.1. The fourth-order valence-electron chi connectivity index (χ4n) is 12.9. The first-order valence-corrected chi connectivity index (χ1v) is 26.8. The average molecular weight is 962 g/mol. The summed E-state index contributed by atoms with van der Waals surface area (Å²) in [6.45, 7) is 26.1. The number of anilines is 9. The molecule has 4 heteroatoms. The van der Waals surface area contributed by atoms with E-state index in [2.05, 4.69) is 291 Å². The van der Waals surface area contributed by atoms with E-state index in [9.17, 15) is 0 Å². The van der Waals surface area contributed by atoms with Gasteiger partial charge in [-0.2, -0.15) is 0 Å². The largest absolute Gasteiger partial charge is 0.311 e. The number of hydrogen-bond donors (Lipinski definition) is 0. The Morgan fingerprint density at radius 2 is 0.892 bits per heavy atom. The minimum atomic E-state index is -0.0924. The zero-order chi connectivity index (χ0) is 51.5. The van der Waals surface area contributed by atoms with Crippen molar-refractivity contribution in [2.24, 2.45) is 0 Å². The predicted molar refractivity (Wildman–Crippen MR) is 319 cm³/mol. The molecule has 0 amide bonds. The molecular formula is C70H68BN3. The normalized spacial score (nSPS) is 15.0. The number of hydrogen-bond acceptors (Lipinski definition) is 3. The maximum absolute atomic E-state index is 2.65. The van der Waals surface area contributed by atoms with E-state index in [4.69, 9.17) is 0 Å². The van der Waals surface area contributed by atoms with Gasteiger partial charge in [-0.05, 0) is 169 Å². The van der Waals surface area contributed by atoms with Gasteiger partial charge in [0.25, 0.3) is 6.71 Å². The molecule has 0 spiro atoms. The van der Waals surface area contributed by atoms with Gasteiger partial charge in [0, 0.05) is 45.4 Å². The van der Waals surface area contributed by atoms with Gasteiger partial charge >= 0.3 is 0 Å². The zero-order valence-electron chi connectivity index (χ0n) is 45.2. The van der Waals surface area contributed by atoms with Crippen LogP contribution in [0.3, 0.4) is 0 Å². The molecule has 9 aromatic rings. The lowest BCUT2D eigenvalue weighted by atomic mass is 9.33. The fourth-order valence-corrected chi connectivity index (χ4v) is 12.9. The van der Waals surface area contributed by atoms with Crippen LogP contribution in [0.5, 0.6) is 0 Å². The molecular weight excluding hydrogens is 894 g/mol. The molecule has 0 aromatic heterocycles. The third-order valence-corrected chi connectivity index (χ3v) is 16.4. The summed E-state index contributed by atoms with van der Waals surface area (Å²) in [6.07, 6.45) is 1.09. The first-order valence-electron chi connectivity index (χ1n) is 26.8. The summed E-state index contributed by atoms with van der Waals surface area (Å²) in [5.74, 6) is 0. The van der Waals surface area contributed by atoms with Gasteiger partial charge in [0.2, 0.25) is 0 Å². The van der Waals surface area contributed by atoms with Crippen LogP contribution < -0.4 is 31.1 Å². The lowest BCUT2D eigenvalue weighted by Crippen LogP contribution is -2.61. The molecule has 0 unspecified atom stereocenters. The van der Waals surface area contributed by atoms with E-state index in [1.807, 2.05) is 0 Å². The standard InChI is InChI=1S/C70H68BN3/c1-46-38-49(47-24-16-12-17-25-47)32-36-60(46)73-63-44-57-56(69(8,9)45-70(57,10)11)43-59(63)71-58-35-33-51(68(5,6)7)40-62(58)74(61-37-34-50(67(2,3)4)39-55(61)48-26-18-13-19-27-48)65-42-54(41-64(73)66(65)71)72(52-28-20-14-21-29-52)53-30-22-15-23-31-53/h12-44H,45H2,1-11H3. The third kappa shape index (κ3) is 7.88. The molecule has 0 atom stereocenters. The van der Waals surface area contributed by atoms with Crippen LogP contribution in [0, 0.1) is 6.92 Å². The molecule has 2 aliphatic heterocycles. The molecule has 0 fully saturated rings. The molecule has 0 radical (unpaired) electrons. The summed E-state index contributed by atoms with van der Waals surface area (Å²) in [5.41, 5.74) is 26.0. The van der Waals surface area contributed by atoms with Crippen molar-refractivity contribution in [3.63, 3.8) is 0 Å². The Labute approximate surface area is 441 Å². The molecule has 9 aromatic carbocycles. The Bertz CT molecular complexity index is 3580. The van der Waals surface area contributed by atoms with E-state index < -0.39 is 0 Å². The van der Waals surface area contributed by atoms with Gasteiger partial charge in [-0.15, -0.1) is 0 Å². The molecule has 0 N–H and O–H groups in total. The molecule has 0 saturated carbocycles. The molecule has 0 bridgehead atoms. The highest BCUT2D eigenvalue weighted by atomic mass is 15.2. The van der Waals surface area contributed by atoms with Crippen LogP contribution in [0.2, 0.25) is 0 Å². The van der Waals surface area contributed by atoms with Crippen molar-refractivity contribution in [1.82, 2.24) is 0 Å². The second-order valence-corrected chi connectivity index (χ2v) is 24.6. The number of benzene rings is 9. The highest BCUT2D eigenvalue weighted by molar-refractivity contribution is 7.00. The van der Waals surface area contributed by atoms with Gasteiger partial charge in [-0.3, -0.25) is 0 Å². The summed E-state index contributed by atoms with van der Waals surface area (Å²) in [5, 5.41) is 0. The van der Waals surface area contributed by atoms with Gasteiger partial charge in [0.15, 0.2) is 0 Å². The predicted octanol–water partition coefficient (Wildman–Crippen LogP) is 17.4. The second-order valence-electron chi connectivity index (χ2n) is 24.6. The lowest BCUT2D eigenvalue weighted by molar-refractivity contribution is 0.403. The smallest absolute Gasteiger partial charge is 0.252 e. The topological polar surface area (TPSA) is 9.72 Å². The van der Waals surface area contributed by atoms with Crippen LogP contribution in [-0.4, -0.2) is 6.71 Å². The summed E-state index contributed by atoms with van der Waals surface area (Å²) in [6, 6.07) is 75.8. The molecule has 366 valence electrons. The Balaban J connectivity index is 1.25. The molecule has 12 rings (SSSR count). The van der Waals surface area contributed by atoms with Crippen LogP contribution in [-0.2, 0) is 21.7 Å². The SMILES string of the molecule is Cc1cc(-c2ccccc2)ccc1N1c2cc3c(cc2B2c4ccc(C(C)(C)C)cc4N(c4ccc(C(C)(C)C)cc4-c4ccccc4)c4cc(N(c5ccccc5)c5ccccc5)cc1c42)C(C)(C)CC3(C)C. The first kappa shape index (κ1) is 47.4. The summed E-state index contributed by atoms with van der Waals surface area (Å²) >= 11 is 0. The van der Waals surface area contributed by atoms with E-state index in [0.717, 1.165) is 29.2 Å². The average Bonchev–Trinajstić information content (AvgIpc) is 3.62. The third-order valence-electron chi connectivity index (χ3n) is 16.4. The summed E-state index contributed by atoms with van der Waals surface area (Å²) < 4.78 is 0. The number of fused-ring (bicyclic) bond motifs is 5. The minimum Gasteiger partial charge on any atom is -0.311 e. The van der Waals surface area contributed by atoms with E-state index >= 15 is 0 Å². The molecule has 3 aliphatic rings. The Morgan fingerprint density at radius 3 is 1.46 bits per heavy atom. The van der Waals surface area contributed by atoms with E-state index in [0.29, 0.717) is 0 Å². The van der Waals surface area contributed by atoms with Gasteiger partial charge in [0.1, 0.15) is 0 Å². The minimum absolute atomic E-state index is 0.00376. The monoisotopic (exact) mass is 962 g/mol. The highest BCUT2D eigenvalue weighted by Gasteiger charge is 2.49. The van der Waals surface area contributed by atoms with Crippen LogP contribution in [0.4, 0.5) is 51.2 Å². The van der Waals surface area contributed by atoms with Gasteiger partial charge < -0.3 is 14.7 Å². The van der Waals surface area contributed by atoms with Crippen molar-refractivity contribution in [2.45, 2.75) is 104 Å². The summed E-state index contributed by atoms with van der Waals surface area (Å²) in [7, 11) is 0. The van der Waals surface area contributed by atoms with E-state index in [-0.39, 0.29) is 28.4 Å². The van der Waals surface area contributed by atoms with E-state index in [1.165, 1.54) is 94.9 Å². The number of para-hydroxylation sites is 2. The molecule has 3 nitrogen and oxygen atoms in total. The second kappa shape index (κ2) is 17.3. The van der Waals surface area contributed by atoms with Crippen LogP contribution in [0.15, 0.2) is 200 Å².